The van der Waals surface area contributed by atoms with E-state index in [9.17, 15) is 14.4 Å². The van der Waals surface area contributed by atoms with Gasteiger partial charge in [-0.3, -0.25) is 14.4 Å². The Balaban J connectivity index is 1.56. The van der Waals surface area contributed by atoms with E-state index in [2.05, 4.69) is 21.2 Å². The first-order valence-electron chi connectivity index (χ1n) is 11.2. The summed E-state index contributed by atoms with van der Waals surface area (Å²) in [6, 6.07) is 16.2. The zero-order valence-electron chi connectivity index (χ0n) is 20.4. The van der Waals surface area contributed by atoms with Gasteiger partial charge in [-0.2, -0.15) is 5.10 Å². The van der Waals surface area contributed by atoms with E-state index in [1.54, 1.807) is 67.6 Å². The summed E-state index contributed by atoms with van der Waals surface area (Å²) in [4.78, 5) is 36.4. The first kappa shape index (κ1) is 28.3. The molecule has 38 heavy (non-hydrogen) atoms. The van der Waals surface area contributed by atoms with Gasteiger partial charge in [0.05, 0.1) is 35.7 Å². The van der Waals surface area contributed by atoms with Crippen LogP contribution in [0.1, 0.15) is 12.5 Å². The summed E-state index contributed by atoms with van der Waals surface area (Å²) >= 11 is 12.1. The molecule has 0 saturated carbocycles. The number of benzene rings is 3. The zero-order chi connectivity index (χ0) is 27.5. The minimum Gasteiger partial charge on any atom is -0.497 e. The number of anilines is 2. The number of methoxy groups -OCH3 is 1. The molecule has 3 amide bonds. The Morgan fingerprint density at radius 3 is 2.39 bits per heavy atom. The number of nitrogens with zero attached hydrogens (tertiary/aromatic N) is 1. The lowest BCUT2D eigenvalue weighted by atomic mass is 10.2. The summed E-state index contributed by atoms with van der Waals surface area (Å²) in [5.74, 6) is -0.993. The second kappa shape index (κ2) is 13.9. The molecule has 0 radical (unpaired) electrons. The highest BCUT2D eigenvalue weighted by Crippen LogP contribution is 2.30. The fraction of sp³-hybridized carbons (Fsp3) is 0.154. The number of carbonyl (C=O) groups excluding carboxylic acids is 3. The molecule has 0 aliphatic rings. The third-order valence-electron chi connectivity index (χ3n) is 4.79. The van der Waals surface area contributed by atoms with Gasteiger partial charge in [-0.1, -0.05) is 29.3 Å². The lowest BCUT2D eigenvalue weighted by Gasteiger charge is -2.13. The zero-order valence-corrected chi connectivity index (χ0v) is 21.9. The number of hydrogen-bond donors (Lipinski definition) is 3. The van der Waals surface area contributed by atoms with Crippen molar-refractivity contribution in [3.8, 4) is 17.2 Å². The number of hydrogen-bond acceptors (Lipinski definition) is 7. The molecule has 10 nitrogen and oxygen atoms in total. The van der Waals surface area contributed by atoms with E-state index in [0.29, 0.717) is 45.8 Å². The van der Waals surface area contributed by atoms with Gasteiger partial charge in [0.15, 0.2) is 18.1 Å². The van der Waals surface area contributed by atoms with Crippen LogP contribution in [0.4, 0.5) is 11.4 Å². The van der Waals surface area contributed by atoms with Crippen molar-refractivity contribution in [2.24, 2.45) is 5.10 Å². The largest absolute Gasteiger partial charge is 0.497 e. The van der Waals surface area contributed by atoms with Crippen LogP contribution in [0.5, 0.6) is 17.2 Å². The van der Waals surface area contributed by atoms with Crippen molar-refractivity contribution in [2.45, 2.75) is 6.92 Å². The molecule has 0 aromatic heterocycles. The summed E-state index contributed by atoms with van der Waals surface area (Å²) in [5.41, 5.74) is 3.50. The first-order valence-corrected chi connectivity index (χ1v) is 12.0. The predicted octanol–water partition coefficient (Wildman–Crippen LogP) is 4.51. The van der Waals surface area contributed by atoms with Crippen molar-refractivity contribution in [1.82, 2.24) is 5.43 Å². The van der Waals surface area contributed by atoms with Crippen molar-refractivity contribution in [3.63, 3.8) is 0 Å². The molecule has 0 heterocycles. The van der Waals surface area contributed by atoms with Crippen LogP contribution < -0.4 is 30.3 Å². The fourth-order valence-corrected chi connectivity index (χ4v) is 3.35. The number of rotatable bonds is 10. The minimum absolute atomic E-state index is 0.228. The molecule has 0 fully saturated rings. The SMILES string of the molecule is CCOc1cc(/C=N\NC(=O)C(=O)Nc2ccc(OC)cc2)ccc1OCC(=O)Nc1cccc(Cl)c1Cl. The molecule has 3 aromatic rings. The second-order valence-electron chi connectivity index (χ2n) is 7.46. The van der Waals surface area contributed by atoms with Crippen molar-refractivity contribution >= 4 is 58.5 Å². The maximum Gasteiger partial charge on any atom is 0.329 e. The van der Waals surface area contributed by atoms with Crippen LogP contribution in [-0.2, 0) is 14.4 Å². The van der Waals surface area contributed by atoms with Crippen LogP contribution in [0.25, 0.3) is 0 Å². The molecule has 0 aliphatic carbocycles. The normalized spacial score (nSPS) is 10.5. The van der Waals surface area contributed by atoms with Crippen molar-refractivity contribution < 1.29 is 28.6 Å². The van der Waals surface area contributed by atoms with Gasteiger partial charge in [-0.25, -0.2) is 5.43 Å². The maximum atomic E-state index is 12.3. The molecule has 0 spiro atoms. The van der Waals surface area contributed by atoms with Gasteiger partial charge in [0, 0.05) is 5.69 Å². The van der Waals surface area contributed by atoms with E-state index in [4.69, 9.17) is 37.4 Å². The molecule has 0 saturated heterocycles. The van der Waals surface area contributed by atoms with Gasteiger partial charge in [0.1, 0.15) is 5.75 Å². The Morgan fingerprint density at radius 2 is 1.68 bits per heavy atom. The van der Waals surface area contributed by atoms with E-state index >= 15 is 0 Å². The summed E-state index contributed by atoms with van der Waals surface area (Å²) in [7, 11) is 1.52. The van der Waals surface area contributed by atoms with E-state index in [1.165, 1.54) is 13.3 Å². The van der Waals surface area contributed by atoms with Crippen LogP contribution >= 0.6 is 23.2 Å². The van der Waals surface area contributed by atoms with E-state index in [-0.39, 0.29) is 11.6 Å². The predicted molar refractivity (Wildman–Crippen MR) is 146 cm³/mol. The van der Waals surface area contributed by atoms with Crippen LogP contribution in [0.15, 0.2) is 65.8 Å². The third-order valence-corrected chi connectivity index (χ3v) is 5.60. The Labute approximate surface area is 228 Å². The number of hydrazone groups is 1. The van der Waals surface area contributed by atoms with Gasteiger partial charge in [0.25, 0.3) is 5.91 Å². The average molecular weight is 559 g/mol. The number of carbonyl (C=O) groups is 3. The molecule has 198 valence electrons. The van der Waals surface area contributed by atoms with E-state index in [0.717, 1.165) is 0 Å². The molecule has 3 rings (SSSR count). The highest BCUT2D eigenvalue weighted by atomic mass is 35.5. The van der Waals surface area contributed by atoms with Crippen LogP contribution in [0, 0.1) is 0 Å². The third kappa shape index (κ3) is 8.12. The van der Waals surface area contributed by atoms with E-state index in [1.807, 2.05) is 0 Å². The molecule has 0 bridgehead atoms. The molecular weight excluding hydrogens is 535 g/mol. The van der Waals surface area contributed by atoms with E-state index < -0.39 is 17.7 Å². The molecular formula is C26H24Cl2N4O6. The summed E-state index contributed by atoms with van der Waals surface area (Å²) in [6.07, 6.45) is 1.33. The molecule has 0 unspecified atom stereocenters. The monoisotopic (exact) mass is 558 g/mol. The van der Waals surface area contributed by atoms with Crippen LogP contribution in [-0.4, -0.2) is 44.3 Å². The summed E-state index contributed by atoms with van der Waals surface area (Å²) in [6.45, 7) is 1.82. The lowest BCUT2D eigenvalue weighted by Crippen LogP contribution is -2.32. The van der Waals surface area contributed by atoms with Gasteiger partial charge in [-0.05, 0) is 67.1 Å². The Morgan fingerprint density at radius 1 is 0.921 bits per heavy atom. The van der Waals surface area contributed by atoms with Crippen molar-refractivity contribution in [3.05, 3.63) is 76.3 Å². The van der Waals surface area contributed by atoms with Gasteiger partial charge < -0.3 is 24.8 Å². The standard InChI is InChI=1S/C26H24Cl2N4O6/c1-3-37-22-13-16(14-29-32-26(35)25(34)30-17-8-10-18(36-2)11-9-17)7-12-21(22)38-15-23(33)31-20-6-4-5-19(27)24(20)28/h4-14H,3,15H2,1-2H3,(H,30,34)(H,31,33)(H,32,35)/b29-14-. The van der Waals surface area contributed by atoms with Gasteiger partial charge in [0.2, 0.25) is 0 Å². The van der Waals surface area contributed by atoms with Gasteiger partial charge >= 0.3 is 11.8 Å². The van der Waals surface area contributed by atoms with Crippen LogP contribution in [0.2, 0.25) is 10.0 Å². The van der Waals surface area contributed by atoms with Crippen LogP contribution in [0.3, 0.4) is 0 Å². The first-order chi connectivity index (χ1) is 18.3. The Kier molecular flexibility index (Phi) is 10.3. The van der Waals surface area contributed by atoms with Crippen molar-refractivity contribution in [1.29, 1.82) is 0 Å². The number of nitrogens with one attached hydrogen (secondary N) is 3. The van der Waals surface area contributed by atoms with Crippen molar-refractivity contribution in [2.75, 3.05) is 31.0 Å². The van der Waals surface area contributed by atoms with Gasteiger partial charge in [-0.15, -0.1) is 0 Å². The molecule has 12 heteroatoms. The fourth-order valence-electron chi connectivity index (χ4n) is 3.00. The quantitative estimate of drug-likeness (QED) is 0.191. The average Bonchev–Trinajstić information content (AvgIpc) is 2.91. The second-order valence-corrected chi connectivity index (χ2v) is 8.24. The molecule has 0 aliphatic heterocycles. The maximum absolute atomic E-state index is 12.3. The Bertz CT molecular complexity index is 1330. The smallest absolute Gasteiger partial charge is 0.329 e. The minimum atomic E-state index is -0.951. The number of ether oxygens (including phenoxy) is 3. The Hall–Kier alpha value is -4.28. The number of amides is 3. The highest BCUT2D eigenvalue weighted by molar-refractivity contribution is 6.44. The molecule has 3 aromatic carbocycles. The highest BCUT2D eigenvalue weighted by Gasteiger charge is 2.14. The topological polar surface area (TPSA) is 127 Å². The number of halogens is 2. The summed E-state index contributed by atoms with van der Waals surface area (Å²) < 4.78 is 16.2. The molecule has 3 N–H and O–H groups in total. The lowest BCUT2D eigenvalue weighted by molar-refractivity contribution is -0.136. The molecule has 0 atom stereocenters. The summed E-state index contributed by atoms with van der Waals surface area (Å²) in [5, 5.41) is 9.44.